The molecule has 0 aliphatic rings. The van der Waals surface area contributed by atoms with Gasteiger partial charge in [-0.3, -0.25) is 0 Å². The van der Waals surface area contributed by atoms with Crippen LogP contribution in [0.15, 0.2) is 48.7 Å². The molecule has 0 heterocycles. The summed E-state index contributed by atoms with van der Waals surface area (Å²) in [4.78, 5) is 0. The van der Waals surface area contributed by atoms with Crippen LogP contribution in [-0.2, 0) is 5.41 Å². The highest BCUT2D eigenvalue weighted by Gasteiger charge is 2.12. The Balaban J connectivity index is 2.69. The smallest absolute Gasteiger partial charge is 0.0384 e. The van der Waals surface area contributed by atoms with Crippen molar-refractivity contribution in [3.05, 3.63) is 54.3 Å². The van der Waals surface area contributed by atoms with Gasteiger partial charge in [-0.15, -0.1) is 0 Å². The van der Waals surface area contributed by atoms with Crippen LogP contribution in [0.25, 0.3) is 0 Å². The Kier molecular flexibility index (Phi) is 4.56. The number of rotatable bonds is 4. The molecule has 0 fully saturated rings. The first kappa shape index (κ1) is 13.6. The zero-order valence-corrected chi connectivity index (χ0v) is 11.4. The summed E-state index contributed by atoms with van der Waals surface area (Å²) in [5.41, 5.74) is 3.56. The van der Waals surface area contributed by atoms with Crippen molar-refractivity contribution in [3.63, 3.8) is 0 Å². The van der Waals surface area contributed by atoms with Crippen molar-refractivity contribution in [2.24, 2.45) is 0 Å². The summed E-state index contributed by atoms with van der Waals surface area (Å²) in [7, 11) is 0. The van der Waals surface area contributed by atoms with Gasteiger partial charge >= 0.3 is 0 Å². The van der Waals surface area contributed by atoms with E-state index in [2.05, 4.69) is 69.9 Å². The quantitative estimate of drug-likeness (QED) is 0.726. The number of nitrogens with one attached hydrogen (secondary N) is 1. The molecule has 0 saturated heterocycles. The summed E-state index contributed by atoms with van der Waals surface area (Å²) in [6, 6.07) is 8.54. The third-order valence-electron chi connectivity index (χ3n) is 2.61. The third-order valence-corrected chi connectivity index (χ3v) is 2.61. The SMILES string of the molecule is C=C(/C=C\CC)Nc1ccc(C(C)(C)C)cc1. The molecule has 17 heavy (non-hydrogen) atoms. The van der Waals surface area contributed by atoms with Crippen LogP contribution in [0.5, 0.6) is 0 Å². The minimum Gasteiger partial charge on any atom is -0.356 e. The standard InChI is InChI=1S/C16H23N/c1-6-7-8-13(2)17-15-11-9-14(10-12-15)16(3,4)5/h7-12,17H,2,6H2,1,3-5H3/b8-7-. The van der Waals surface area contributed by atoms with Crippen LogP contribution < -0.4 is 5.32 Å². The molecule has 1 heteroatoms. The van der Waals surface area contributed by atoms with Crippen LogP contribution in [0.1, 0.15) is 39.7 Å². The molecule has 0 bridgehead atoms. The molecule has 1 N–H and O–H groups in total. The molecule has 0 aliphatic carbocycles. The maximum absolute atomic E-state index is 3.96. The van der Waals surface area contributed by atoms with Crippen LogP contribution in [-0.4, -0.2) is 0 Å². The van der Waals surface area contributed by atoms with E-state index in [1.165, 1.54) is 5.56 Å². The summed E-state index contributed by atoms with van der Waals surface area (Å²) < 4.78 is 0. The molecule has 1 rings (SSSR count). The molecule has 0 radical (unpaired) electrons. The van der Waals surface area contributed by atoms with Gasteiger partial charge in [-0.1, -0.05) is 52.5 Å². The van der Waals surface area contributed by atoms with E-state index in [9.17, 15) is 0 Å². The van der Waals surface area contributed by atoms with E-state index < -0.39 is 0 Å². The predicted molar refractivity (Wildman–Crippen MR) is 77.3 cm³/mol. The fourth-order valence-corrected chi connectivity index (χ4v) is 1.54. The minimum absolute atomic E-state index is 0.206. The lowest BCUT2D eigenvalue weighted by Gasteiger charge is -2.19. The van der Waals surface area contributed by atoms with Gasteiger partial charge < -0.3 is 5.32 Å². The third kappa shape index (κ3) is 4.48. The summed E-state index contributed by atoms with van der Waals surface area (Å²) in [6.07, 6.45) is 5.14. The molecular formula is C16H23N. The topological polar surface area (TPSA) is 12.0 Å². The van der Waals surface area contributed by atoms with Crippen LogP contribution in [0.3, 0.4) is 0 Å². The Bertz CT molecular complexity index is 391. The molecule has 1 aromatic rings. The van der Waals surface area contributed by atoms with Gasteiger partial charge in [-0.05, 0) is 35.6 Å². The van der Waals surface area contributed by atoms with Crippen LogP contribution in [0, 0.1) is 0 Å². The molecule has 0 spiro atoms. The highest BCUT2D eigenvalue weighted by Crippen LogP contribution is 2.23. The first-order valence-corrected chi connectivity index (χ1v) is 6.16. The van der Waals surface area contributed by atoms with Gasteiger partial charge in [0.2, 0.25) is 0 Å². The summed E-state index contributed by atoms with van der Waals surface area (Å²) in [5, 5.41) is 3.27. The lowest BCUT2D eigenvalue weighted by molar-refractivity contribution is 0.590. The summed E-state index contributed by atoms with van der Waals surface area (Å²) in [6.45, 7) is 12.7. The van der Waals surface area contributed by atoms with E-state index in [4.69, 9.17) is 0 Å². The van der Waals surface area contributed by atoms with Crippen LogP contribution >= 0.6 is 0 Å². The normalized spacial score (nSPS) is 11.8. The first-order chi connectivity index (χ1) is 7.93. The van der Waals surface area contributed by atoms with Gasteiger partial charge in [-0.2, -0.15) is 0 Å². The molecule has 1 nitrogen and oxygen atoms in total. The van der Waals surface area contributed by atoms with Crippen molar-refractivity contribution in [1.29, 1.82) is 0 Å². The monoisotopic (exact) mass is 229 g/mol. The van der Waals surface area contributed by atoms with Gasteiger partial charge in [0, 0.05) is 11.4 Å². The highest BCUT2D eigenvalue weighted by molar-refractivity contribution is 5.51. The Morgan fingerprint density at radius 3 is 2.29 bits per heavy atom. The molecule has 92 valence electrons. The zero-order valence-electron chi connectivity index (χ0n) is 11.4. The average molecular weight is 229 g/mol. The lowest BCUT2D eigenvalue weighted by atomic mass is 9.87. The molecule has 0 atom stereocenters. The Morgan fingerprint density at radius 1 is 1.24 bits per heavy atom. The molecular weight excluding hydrogens is 206 g/mol. The van der Waals surface area contributed by atoms with E-state index in [1.807, 2.05) is 6.08 Å². The number of benzene rings is 1. The summed E-state index contributed by atoms with van der Waals surface area (Å²) >= 11 is 0. The van der Waals surface area contributed by atoms with Crippen molar-refractivity contribution in [1.82, 2.24) is 0 Å². The van der Waals surface area contributed by atoms with Crippen molar-refractivity contribution < 1.29 is 0 Å². The number of hydrogen-bond acceptors (Lipinski definition) is 1. The van der Waals surface area contributed by atoms with Crippen LogP contribution in [0.4, 0.5) is 5.69 Å². The Hall–Kier alpha value is -1.50. The van der Waals surface area contributed by atoms with E-state index in [-0.39, 0.29) is 5.41 Å². The second-order valence-corrected chi connectivity index (χ2v) is 5.29. The molecule has 0 aromatic heterocycles. The maximum Gasteiger partial charge on any atom is 0.0384 e. The summed E-state index contributed by atoms with van der Waals surface area (Å²) in [5.74, 6) is 0. The van der Waals surface area contributed by atoms with Gasteiger partial charge in [0.15, 0.2) is 0 Å². The van der Waals surface area contributed by atoms with E-state index in [0.29, 0.717) is 0 Å². The number of anilines is 1. The average Bonchev–Trinajstić information content (AvgIpc) is 2.26. The molecule has 0 amide bonds. The van der Waals surface area contributed by atoms with Gasteiger partial charge in [0.25, 0.3) is 0 Å². The molecule has 0 saturated carbocycles. The first-order valence-electron chi connectivity index (χ1n) is 6.16. The highest BCUT2D eigenvalue weighted by atomic mass is 14.9. The number of hydrogen-bond donors (Lipinski definition) is 1. The van der Waals surface area contributed by atoms with Crippen molar-refractivity contribution in [2.45, 2.75) is 39.5 Å². The number of allylic oxidation sites excluding steroid dienone is 2. The van der Waals surface area contributed by atoms with Crippen molar-refractivity contribution in [3.8, 4) is 0 Å². The van der Waals surface area contributed by atoms with E-state index in [1.54, 1.807) is 0 Å². The second-order valence-electron chi connectivity index (χ2n) is 5.29. The van der Waals surface area contributed by atoms with Crippen LogP contribution in [0.2, 0.25) is 0 Å². The zero-order chi connectivity index (χ0) is 12.9. The molecule has 0 aliphatic heterocycles. The Labute approximate surface area is 105 Å². The predicted octanol–water partition coefficient (Wildman–Crippen LogP) is 4.88. The van der Waals surface area contributed by atoms with Crippen molar-refractivity contribution in [2.75, 3.05) is 5.32 Å². The maximum atomic E-state index is 3.96. The van der Waals surface area contributed by atoms with E-state index >= 15 is 0 Å². The van der Waals surface area contributed by atoms with Gasteiger partial charge in [0.05, 0.1) is 0 Å². The lowest BCUT2D eigenvalue weighted by Crippen LogP contribution is -2.10. The fraction of sp³-hybridized carbons (Fsp3) is 0.375. The minimum atomic E-state index is 0.206. The fourth-order valence-electron chi connectivity index (χ4n) is 1.54. The largest absolute Gasteiger partial charge is 0.356 e. The van der Waals surface area contributed by atoms with Crippen molar-refractivity contribution >= 4 is 5.69 Å². The van der Waals surface area contributed by atoms with E-state index in [0.717, 1.165) is 17.8 Å². The Morgan fingerprint density at radius 2 is 1.82 bits per heavy atom. The second kappa shape index (κ2) is 5.72. The molecule has 1 aromatic carbocycles. The van der Waals surface area contributed by atoms with Gasteiger partial charge in [-0.25, -0.2) is 0 Å². The molecule has 0 unspecified atom stereocenters. The van der Waals surface area contributed by atoms with Gasteiger partial charge in [0.1, 0.15) is 0 Å².